The molecular formula is C15H20FN7O2. The predicted octanol–water partition coefficient (Wildman–Crippen LogP) is 1.25. The molecule has 2 aromatic heterocycles. The minimum Gasteiger partial charge on any atom is -0.444 e. The third-order valence-corrected chi connectivity index (χ3v) is 3.58. The summed E-state index contributed by atoms with van der Waals surface area (Å²) in [7, 11) is 0. The second kappa shape index (κ2) is 6.61. The number of carbonyl (C=O) groups is 1. The van der Waals surface area contributed by atoms with Gasteiger partial charge < -0.3 is 14.5 Å². The number of piperazine rings is 1. The van der Waals surface area contributed by atoms with Crippen LogP contribution in [-0.2, 0) is 4.74 Å². The number of hydrogen-bond acceptors (Lipinski definition) is 7. The van der Waals surface area contributed by atoms with Crippen LogP contribution in [-0.4, -0.2) is 68.0 Å². The van der Waals surface area contributed by atoms with Crippen molar-refractivity contribution in [3.05, 3.63) is 24.1 Å². The van der Waals surface area contributed by atoms with Crippen LogP contribution < -0.4 is 4.90 Å². The maximum atomic E-state index is 13.3. The minimum absolute atomic E-state index is 0.301. The Morgan fingerprint density at radius 2 is 1.92 bits per heavy atom. The number of halogens is 1. The summed E-state index contributed by atoms with van der Waals surface area (Å²) in [6, 6.07) is 4.43. The molecule has 0 N–H and O–H groups in total. The third kappa shape index (κ3) is 4.01. The first kappa shape index (κ1) is 17.1. The summed E-state index contributed by atoms with van der Waals surface area (Å²) in [4.78, 5) is 19.5. The fourth-order valence-electron chi connectivity index (χ4n) is 2.46. The molecule has 9 nitrogen and oxygen atoms in total. The molecule has 25 heavy (non-hydrogen) atoms. The molecule has 3 rings (SSSR count). The van der Waals surface area contributed by atoms with Gasteiger partial charge in [-0.25, -0.2) is 4.79 Å². The molecule has 134 valence electrons. The molecule has 0 saturated carbocycles. The van der Waals surface area contributed by atoms with Crippen molar-refractivity contribution >= 4 is 12.0 Å². The first-order chi connectivity index (χ1) is 11.8. The standard InChI is InChI=1S/C15H20FN7O2/c1-15(2,3)25-14(24)22-9-7-21(8-10-22)13-18-19-20-23(13)12-6-4-5-11(16)17-12/h4-6H,7-10H2,1-3H3. The molecule has 0 atom stereocenters. The molecule has 0 aliphatic carbocycles. The van der Waals surface area contributed by atoms with Gasteiger partial charge in [0.2, 0.25) is 5.95 Å². The van der Waals surface area contributed by atoms with Crippen LogP contribution >= 0.6 is 0 Å². The maximum absolute atomic E-state index is 13.3. The molecule has 2 aromatic rings. The summed E-state index contributed by atoms with van der Waals surface area (Å²) < 4.78 is 20.1. The number of hydrogen-bond donors (Lipinski definition) is 0. The van der Waals surface area contributed by atoms with Crippen molar-refractivity contribution < 1.29 is 13.9 Å². The molecule has 0 bridgehead atoms. The van der Waals surface area contributed by atoms with E-state index < -0.39 is 11.5 Å². The van der Waals surface area contributed by atoms with E-state index in [1.807, 2.05) is 25.7 Å². The van der Waals surface area contributed by atoms with Gasteiger partial charge in [-0.3, -0.25) is 0 Å². The summed E-state index contributed by atoms with van der Waals surface area (Å²) in [6.07, 6.45) is -0.335. The number of anilines is 1. The molecule has 1 aliphatic rings. The van der Waals surface area contributed by atoms with E-state index in [9.17, 15) is 9.18 Å². The first-order valence-corrected chi connectivity index (χ1v) is 7.98. The Kier molecular flexibility index (Phi) is 4.51. The lowest BCUT2D eigenvalue weighted by Crippen LogP contribution is -2.50. The van der Waals surface area contributed by atoms with Gasteiger partial charge >= 0.3 is 6.09 Å². The number of tetrazole rings is 1. The lowest BCUT2D eigenvalue weighted by molar-refractivity contribution is 0.0240. The molecule has 10 heteroatoms. The summed E-state index contributed by atoms with van der Waals surface area (Å²) >= 11 is 0. The van der Waals surface area contributed by atoms with Gasteiger partial charge in [-0.1, -0.05) is 11.2 Å². The Balaban J connectivity index is 1.68. The highest BCUT2D eigenvalue weighted by Gasteiger charge is 2.28. The quantitative estimate of drug-likeness (QED) is 0.754. The zero-order valence-corrected chi connectivity index (χ0v) is 14.4. The summed E-state index contributed by atoms with van der Waals surface area (Å²) in [5.74, 6) is 0.158. The Bertz CT molecular complexity index is 750. The van der Waals surface area contributed by atoms with Gasteiger partial charge in [0.05, 0.1) is 0 Å². The summed E-state index contributed by atoms with van der Waals surface area (Å²) in [5, 5.41) is 11.6. The number of pyridine rings is 1. The average molecular weight is 349 g/mol. The summed E-state index contributed by atoms with van der Waals surface area (Å²) in [5.41, 5.74) is -0.526. The highest BCUT2D eigenvalue weighted by molar-refractivity contribution is 5.68. The van der Waals surface area contributed by atoms with E-state index in [1.54, 1.807) is 17.0 Å². The van der Waals surface area contributed by atoms with Crippen LogP contribution in [0.25, 0.3) is 5.82 Å². The molecule has 0 spiro atoms. The van der Waals surface area contributed by atoms with E-state index >= 15 is 0 Å². The van der Waals surface area contributed by atoms with E-state index in [-0.39, 0.29) is 6.09 Å². The highest BCUT2D eigenvalue weighted by Crippen LogP contribution is 2.17. The van der Waals surface area contributed by atoms with Gasteiger partial charge in [0.25, 0.3) is 5.95 Å². The Morgan fingerprint density at radius 1 is 1.20 bits per heavy atom. The van der Waals surface area contributed by atoms with Crippen molar-refractivity contribution in [2.45, 2.75) is 26.4 Å². The molecule has 1 fully saturated rings. The number of amides is 1. The Hall–Kier alpha value is -2.78. The molecule has 1 aliphatic heterocycles. The molecule has 0 aromatic carbocycles. The fraction of sp³-hybridized carbons (Fsp3) is 0.533. The SMILES string of the molecule is CC(C)(C)OC(=O)N1CCN(c2nnnn2-c2cccc(F)n2)CC1. The Morgan fingerprint density at radius 3 is 2.56 bits per heavy atom. The smallest absolute Gasteiger partial charge is 0.410 e. The number of nitrogens with zero attached hydrogens (tertiary/aromatic N) is 7. The van der Waals surface area contributed by atoms with Gasteiger partial charge in [0, 0.05) is 26.2 Å². The zero-order chi connectivity index (χ0) is 18.0. The van der Waals surface area contributed by atoms with E-state index in [0.29, 0.717) is 37.9 Å². The van der Waals surface area contributed by atoms with Crippen LogP contribution in [0.1, 0.15) is 20.8 Å². The average Bonchev–Trinajstić information content (AvgIpc) is 3.03. The van der Waals surface area contributed by atoms with E-state index in [4.69, 9.17) is 4.74 Å². The fourth-order valence-corrected chi connectivity index (χ4v) is 2.46. The Labute approximate surface area is 144 Å². The van der Waals surface area contributed by atoms with Gasteiger partial charge in [0.15, 0.2) is 5.82 Å². The summed E-state index contributed by atoms with van der Waals surface area (Å²) in [6.45, 7) is 7.55. The van der Waals surface area contributed by atoms with Gasteiger partial charge in [-0.2, -0.15) is 14.1 Å². The third-order valence-electron chi connectivity index (χ3n) is 3.58. The molecule has 3 heterocycles. The lowest BCUT2D eigenvalue weighted by atomic mass is 10.2. The first-order valence-electron chi connectivity index (χ1n) is 7.98. The topological polar surface area (TPSA) is 89.3 Å². The maximum Gasteiger partial charge on any atom is 0.410 e. The van der Waals surface area contributed by atoms with Gasteiger partial charge in [-0.15, -0.1) is 0 Å². The van der Waals surface area contributed by atoms with Gasteiger partial charge in [-0.05, 0) is 43.3 Å². The van der Waals surface area contributed by atoms with Crippen molar-refractivity contribution in [1.82, 2.24) is 30.1 Å². The second-order valence-corrected chi connectivity index (χ2v) is 6.66. The number of ether oxygens (including phenoxy) is 1. The van der Waals surface area contributed by atoms with E-state index in [1.165, 1.54) is 10.7 Å². The van der Waals surface area contributed by atoms with Gasteiger partial charge in [0.1, 0.15) is 5.60 Å². The monoisotopic (exact) mass is 349 g/mol. The number of carbonyl (C=O) groups excluding carboxylic acids is 1. The van der Waals surface area contributed by atoms with Crippen LogP contribution in [0.2, 0.25) is 0 Å². The van der Waals surface area contributed by atoms with Crippen molar-refractivity contribution in [1.29, 1.82) is 0 Å². The van der Waals surface area contributed by atoms with Crippen molar-refractivity contribution in [2.75, 3.05) is 31.1 Å². The van der Waals surface area contributed by atoms with Crippen LogP contribution in [0.4, 0.5) is 15.1 Å². The zero-order valence-electron chi connectivity index (χ0n) is 14.4. The molecular weight excluding hydrogens is 329 g/mol. The van der Waals surface area contributed by atoms with Crippen LogP contribution in [0.5, 0.6) is 0 Å². The van der Waals surface area contributed by atoms with E-state index in [0.717, 1.165) is 0 Å². The van der Waals surface area contributed by atoms with Crippen LogP contribution in [0, 0.1) is 5.95 Å². The molecule has 0 unspecified atom stereocenters. The lowest BCUT2D eigenvalue weighted by Gasteiger charge is -2.35. The second-order valence-electron chi connectivity index (χ2n) is 6.66. The molecule has 0 radical (unpaired) electrons. The van der Waals surface area contributed by atoms with Crippen molar-refractivity contribution in [3.8, 4) is 5.82 Å². The molecule has 1 amide bonds. The van der Waals surface area contributed by atoms with Crippen LogP contribution in [0.3, 0.4) is 0 Å². The van der Waals surface area contributed by atoms with Crippen molar-refractivity contribution in [2.24, 2.45) is 0 Å². The minimum atomic E-state index is -0.603. The highest BCUT2D eigenvalue weighted by atomic mass is 19.1. The normalized spacial score (nSPS) is 15.4. The predicted molar refractivity (Wildman–Crippen MR) is 86.9 cm³/mol. The van der Waals surface area contributed by atoms with Crippen molar-refractivity contribution in [3.63, 3.8) is 0 Å². The van der Waals surface area contributed by atoms with Crippen LogP contribution in [0.15, 0.2) is 18.2 Å². The number of rotatable bonds is 2. The molecule has 1 saturated heterocycles. The largest absolute Gasteiger partial charge is 0.444 e. The van der Waals surface area contributed by atoms with E-state index in [2.05, 4.69) is 20.5 Å². The number of aromatic nitrogens is 5.